The molecule has 0 fully saturated rings. The van der Waals surface area contributed by atoms with Crippen LogP contribution in [0.15, 0.2) is 24.3 Å². The maximum Gasteiger partial charge on any atom is 0.251 e. The predicted octanol–water partition coefficient (Wildman–Crippen LogP) is 1.53. The van der Waals surface area contributed by atoms with Crippen LogP contribution in [0.4, 0.5) is 0 Å². The van der Waals surface area contributed by atoms with Gasteiger partial charge < -0.3 is 15.2 Å². The summed E-state index contributed by atoms with van der Waals surface area (Å²) in [4.78, 5) is 22.9. The highest BCUT2D eigenvalue weighted by Crippen LogP contribution is 2.09. The number of unbranched alkanes of at least 4 members (excludes halogenated alkanes) is 1. The second kappa shape index (κ2) is 7.68. The Bertz CT molecular complexity index is 451. The van der Waals surface area contributed by atoms with Crippen molar-refractivity contribution in [2.24, 2.45) is 5.92 Å². The van der Waals surface area contributed by atoms with Gasteiger partial charge in [-0.3, -0.25) is 4.79 Å². The average Bonchev–Trinajstić information content (AvgIpc) is 2.42. The van der Waals surface area contributed by atoms with E-state index < -0.39 is 12.0 Å². The van der Waals surface area contributed by atoms with Crippen molar-refractivity contribution in [2.45, 2.75) is 46.1 Å². The molecule has 4 heteroatoms. The van der Waals surface area contributed by atoms with E-state index in [1.54, 1.807) is 26.0 Å². The molecule has 0 bridgehead atoms. The first-order valence-electron chi connectivity index (χ1n) is 7.06. The van der Waals surface area contributed by atoms with Gasteiger partial charge in [-0.15, -0.1) is 0 Å². The molecule has 0 saturated heterocycles. The van der Waals surface area contributed by atoms with Gasteiger partial charge in [-0.1, -0.05) is 39.3 Å². The van der Waals surface area contributed by atoms with Gasteiger partial charge >= 0.3 is 0 Å². The third-order valence-corrected chi connectivity index (χ3v) is 3.24. The minimum absolute atomic E-state index is 0.215. The fourth-order valence-electron chi connectivity index (χ4n) is 1.93. The molecule has 0 aliphatic rings. The van der Waals surface area contributed by atoms with Crippen LogP contribution in [0.1, 0.15) is 49.5 Å². The zero-order valence-corrected chi connectivity index (χ0v) is 12.3. The van der Waals surface area contributed by atoms with Crippen molar-refractivity contribution in [3.63, 3.8) is 0 Å². The molecule has 0 unspecified atom stereocenters. The Labute approximate surface area is 120 Å². The smallest absolute Gasteiger partial charge is 0.251 e. The summed E-state index contributed by atoms with van der Waals surface area (Å²) in [5, 5.41) is 13.4. The minimum atomic E-state index is -1.26. The quantitative estimate of drug-likeness (QED) is 0.821. The topological polar surface area (TPSA) is 69.2 Å². The van der Waals surface area contributed by atoms with Crippen LogP contribution in [0.2, 0.25) is 0 Å². The number of rotatable bonds is 7. The number of aliphatic carboxylic acids is 1. The van der Waals surface area contributed by atoms with Gasteiger partial charge in [0.05, 0.1) is 12.0 Å². The summed E-state index contributed by atoms with van der Waals surface area (Å²) >= 11 is 0. The van der Waals surface area contributed by atoms with Gasteiger partial charge in [-0.05, 0) is 36.5 Å². The van der Waals surface area contributed by atoms with E-state index in [0.717, 1.165) is 19.3 Å². The van der Waals surface area contributed by atoms with Crippen LogP contribution in [0.5, 0.6) is 0 Å². The Morgan fingerprint density at radius 3 is 2.25 bits per heavy atom. The minimum Gasteiger partial charge on any atom is -0.548 e. The summed E-state index contributed by atoms with van der Waals surface area (Å²) in [6.07, 6.45) is 3.24. The van der Waals surface area contributed by atoms with Crippen LogP contribution >= 0.6 is 0 Å². The molecule has 0 radical (unpaired) electrons. The van der Waals surface area contributed by atoms with Crippen molar-refractivity contribution in [2.75, 3.05) is 0 Å². The fourth-order valence-corrected chi connectivity index (χ4v) is 1.93. The summed E-state index contributed by atoms with van der Waals surface area (Å²) < 4.78 is 0. The predicted molar refractivity (Wildman–Crippen MR) is 76.2 cm³/mol. The number of carbonyl (C=O) groups excluding carboxylic acids is 2. The van der Waals surface area contributed by atoms with E-state index in [1.165, 1.54) is 5.56 Å². The number of amides is 1. The molecule has 1 N–H and O–H groups in total. The molecule has 0 aromatic heterocycles. The lowest BCUT2D eigenvalue weighted by atomic mass is 10.0. The zero-order chi connectivity index (χ0) is 15.1. The second-order valence-corrected chi connectivity index (χ2v) is 5.31. The van der Waals surface area contributed by atoms with Crippen LogP contribution in [0.3, 0.4) is 0 Å². The molecule has 20 heavy (non-hydrogen) atoms. The van der Waals surface area contributed by atoms with Gasteiger partial charge in [0.15, 0.2) is 0 Å². The maximum atomic E-state index is 12.0. The molecule has 1 atom stereocenters. The van der Waals surface area contributed by atoms with E-state index in [4.69, 9.17) is 0 Å². The highest BCUT2D eigenvalue weighted by atomic mass is 16.4. The number of carboxylic acids is 1. The van der Waals surface area contributed by atoms with E-state index >= 15 is 0 Å². The van der Waals surface area contributed by atoms with Gasteiger partial charge in [-0.25, -0.2) is 0 Å². The third-order valence-electron chi connectivity index (χ3n) is 3.24. The summed E-state index contributed by atoms with van der Waals surface area (Å²) in [6, 6.07) is 6.31. The first kappa shape index (κ1) is 16.2. The van der Waals surface area contributed by atoms with E-state index in [2.05, 4.69) is 12.2 Å². The SMILES string of the molecule is CCCCc1ccc(C(=O)N[C@H](C(=O)[O-])C(C)C)cc1. The molecule has 4 nitrogen and oxygen atoms in total. The molecule has 0 aliphatic heterocycles. The second-order valence-electron chi connectivity index (χ2n) is 5.31. The molecule has 0 spiro atoms. The van der Waals surface area contributed by atoms with Crippen LogP contribution < -0.4 is 10.4 Å². The van der Waals surface area contributed by atoms with Gasteiger partial charge in [-0.2, -0.15) is 0 Å². The molecule has 1 aromatic rings. The normalized spacial score (nSPS) is 12.2. The number of benzene rings is 1. The number of aryl methyl sites for hydroxylation is 1. The number of nitrogens with one attached hydrogen (secondary N) is 1. The molecule has 1 amide bonds. The molecule has 0 heterocycles. The van der Waals surface area contributed by atoms with Gasteiger partial charge in [0.1, 0.15) is 0 Å². The van der Waals surface area contributed by atoms with Crippen LogP contribution in [-0.4, -0.2) is 17.9 Å². The highest BCUT2D eigenvalue weighted by molar-refractivity contribution is 5.96. The van der Waals surface area contributed by atoms with E-state index in [9.17, 15) is 14.7 Å². The summed E-state index contributed by atoms with van der Waals surface area (Å²) in [5.74, 6) is -1.85. The van der Waals surface area contributed by atoms with Crippen molar-refractivity contribution >= 4 is 11.9 Å². The van der Waals surface area contributed by atoms with Crippen LogP contribution in [0, 0.1) is 5.92 Å². The van der Waals surface area contributed by atoms with Crippen LogP contribution in [0.25, 0.3) is 0 Å². The number of carboxylic acid groups (broad SMARTS) is 1. The van der Waals surface area contributed by atoms with Gasteiger partial charge in [0.25, 0.3) is 5.91 Å². The fraction of sp³-hybridized carbons (Fsp3) is 0.500. The van der Waals surface area contributed by atoms with Crippen molar-refractivity contribution in [3.8, 4) is 0 Å². The van der Waals surface area contributed by atoms with Crippen molar-refractivity contribution in [1.29, 1.82) is 0 Å². The Hall–Kier alpha value is -1.84. The Morgan fingerprint density at radius 2 is 1.80 bits per heavy atom. The molecule has 1 rings (SSSR count). The molecule has 0 saturated carbocycles. The summed E-state index contributed by atoms with van der Waals surface area (Å²) in [6.45, 7) is 5.59. The van der Waals surface area contributed by atoms with Crippen molar-refractivity contribution in [1.82, 2.24) is 5.32 Å². The lowest BCUT2D eigenvalue weighted by molar-refractivity contribution is -0.309. The lowest BCUT2D eigenvalue weighted by Gasteiger charge is -2.23. The summed E-state index contributed by atoms with van der Waals surface area (Å²) in [7, 11) is 0. The van der Waals surface area contributed by atoms with Crippen molar-refractivity contribution in [3.05, 3.63) is 35.4 Å². The Kier molecular flexibility index (Phi) is 6.22. The van der Waals surface area contributed by atoms with Crippen LogP contribution in [-0.2, 0) is 11.2 Å². The number of hydrogen-bond acceptors (Lipinski definition) is 3. The summed E-state index contributed by atoms with van der Waals surface area (Å²) in [5.41, 5.74) is 1.65. The molecule has 1 aromatic carbocycles. The van der Waals surface area contributed by atoms with Gasteiger partial charge in [0, 0.05) is 5.56 Å². The maximum absolute atomic E-state index is 12.0. The Balaban J connectivity index is 2.69. The Morgan fingerprint density at radius 1 is 1.20 bits per heavy atom. The standard InChI is InChI=1S/C16H23NO3/c1-4-5-6-12-7-9-13(10-8-12)15(18)17-14(11(2)3)16(19)20/h7-11,14H,4-6H2,1-3H3,(H,17,18)(H,19,20)/p-1/t14-/m0/s1. The molecule has 110 valence electrons. The first-order valence-corrected chi connectivity index (χ1v) is 7.06. The van der Waals surface area contributed by atoms with Crippen molar-refractivity contribution < 1.29 is 14.7 Å². The molecular weight excluding hydrogens is 254 g/mol. The lowest BCUT2D eigenvalue weighted by Crippen LogP contribution is -2.50. The monoisotopic (exact) mass is 276 g/mol. The van der Waals surface area contributed by atoms with E-state index in [0.29, 0.717) is 5.56 Å². The average molecular weight is 276 g/mol. The van der Waals surface area contributed by atoms with Gasteiger partial charge in [0.2, 0.25) is 0 Å². The number of carbonyl (C=O) groups is 2. The van der Waals surface area contributed by atoms with E-state index in [-0.39, 0.29) is 11.8 Å². The molecule has 0 aliphatic carbocycles. The first-order chi connectivity index (χ1) is 9.45. The van der Waals surface area contributed by atoms with E-state index in [1.807, 2.05) is 12.1 Å². The number of hydrogen-bond donors (Lipinski definition) is 1. The molecular formula is C16H22NO3-. The largest absolute Gasteiger partial charge is 0.548 e. The third kappa shape index (κ3) is 4.68. The zero-order valence-electron chi connectivity index (χ0n) is 12.3. The highest BCUT2D eigenvalue weighted by Gasteiger charge is 2.18.